The summed E-state index contributed by atoms with van der Waals surface area (Å²) in [5, 5.41) is 13.8. The Kier molecular flexibility index (Phi) is 3.82. The standard InChI is InChI=1S/C11H14N2O2S2/c12-4-10-3-11(16-7-10)6-13-5-9-1-2-17(14,15)8-9/h3,7,9,13H,1-2,5-6,8H2. The third-order valence-corrected chi connectivity index (χ3v) is 5.62. The van der Waals surface area contributed by atoms with Crippen LogP contribution in [0.1, 0.15) is 16.9 Å². The molecule has 6 heteroatoms. The summed E-state index contributed by atoms with van der Waals surface area (Å²) in [6.45, 7) is 1.45. The van der Waals surface area contributed by atoms with Crippen molar-refractivity contribution >= 4 is 21.2 Å². The van der Waals surface area contributed by atoms with Gasteiger partial charge >= 0.3 is 0 Å². The van der Waals surface area contributed by atoms with E-state index in [-0.39, 0.29) is 5.92 Å². The lowest BCUT2D eigenvalue weighted by Gasteiger charge is -2.08. The number of rotatable bonds is 4. The Bertz CT molecular complexity index is 528. The molecule has 0 amide bonds. The van der Waals surface area contributed by atoms with Crippen molar-refractivity contribution in [2.24, 2.45) is 5.92 Å². The van der Waals surface area contributed by atoms with Gasteiger partial charge in [-0.05, 0) is 24.9 Å². The Morgan fingerprint density at radius 2 is 2.41 bits per heavy atom. The van der Waals surface area contributed by atoms with E-state index in [4.69, 9.17) is 5.26 Å². The smallest absolute Gasteiger partial charge is 0.150 e. The first-order valence-corrected chi connectivity index (χ1v) is 8.18. The molecule has 0 bridgehead atoms. The van der Waals surface area contributed by atoms with Crippen LogP contribution in [0.15, 0.2) is 11.4 Å². The minimum Gasteiger partial charge on any atom is -0.312 e. The molecular formula is C11H14N2O2S2. The van der Waals surface area contributed by atoms with E-state index < -0.39 is 9.84 Å². The van der Waals surface area contributed by atoms with Crippen molar-refractivity contribution in [3.8, 4) is 6.07 Å². The van der Waals surface area contributed by atoms with E-state index in [2.05, 4.69) is 11.4 Å². The number of hydrogen-bond donors (Lipinski definition) is 1. The zero-order valence-corrected chi connectivity index (χ0v) is 11.0. The Morgan fingerprint density at radius 1 is 1.59 bits per heavy atom. The molecule has 0 aromatic carbocycles. The quantitative estimate of drug-likeness (QED) is 0.891. The summed E-state index contributed by atoms with van der Waals surface area (Å²) >= 11 is 1.55. The summed E-state index contributed by atoms with van der Waals surface area (Å²) in [6, 6.07) is 3.96. The predicted molar refractivity (Wildman–Crippen MR) is 67.5 cm³/mol. The maximum Gasteiger partial charge on any atom is 0.150 e. The number of nitrogens with zero attached hydrogens (tertiary/aromatic N) is 1. The van der Waals surface area contributed by atoms with Crippen molar-refractivity contribution in [1.82, 2.24) is 5.32 Å². The van der Waals surface area contributed by atoms with Gasteiger partial charge in [-0.3, -0.25) is 0 Å². The lowest BCUT2D eigenvalue weighted by atomic mass is 10.1. The van der Waals surface area contributed by atoms with Gasteiger partial charge in [-0.25, -0.2) is 8.42 Å². The normalized spacial score (nSPS) is 22.4. The molecule has 0 aliphatic carbocycles. The summed E-state index contributed by atoms with van der Waals surface area (Å²) in [5.41, 5.74) is 0.690. The average molecular weight is 270 g/mol. The summed E-state index contributed by atoms with van der Waals surface area (Å²) in [5.74, 6) is 0.889. The van der Waals surface area contributed by atoms with E-state index in [0.29, 0.717) is 23.6 Å². The van der Waals surface area contributed by atoms with Gasteiger partial charge in [0.05, 0.1) is 17.1 Å². The highest BCUT2D eigenvalue weighted by Crippen LogP contribution is 2.18. The highest BCUT2D eigenvalue weighted by Gasteiger charge is 2.27. The fraction of sp³-hybridized carbons (Fsp3) is 0.545. The summed E-state index contributed by atoms with van der Waals surface area (Å²) in [7, 11) is -2.77. The van der Waals surface area contributed by atoms with Crippen molar-refractivity contribution in [1.29, 1.82) is 5.26 Å². The second-order valence-corrected chi connectivity index (χ2v) is 7.54. The van der Waals surface area contributed by atoms with Crippen molar-refractivity contribution < 1.29 is 8.42 Å². The molecule has 2 heterocycles. The largest absolute Gasteiger partial charge is 0.312 e. The third kappa shape index (κ3) is 3.53. The van der Waals surface area contributed by atoms with Gasteiger partial charge in [-0.1, -0.05) is 0 Å². The molecule has 92 valence electrons. The number of hydrogen-bond acceptors (Lipinski definition) is 5. The van der Waals surface area contributed by atoms with Gasteiger partial charge in [0, 0.05) is 16.8 Å². The van der Waals surface area contributed by atoms with Gasteiger partial charge in [0.2, 0.25) is 0 Å². The van der Waals surface area contributed by atoms with Crippen LogP contribution in [0.4, 0.5) is 0 Å². The molecule has 1 aliphatic rings. The molecule has 4 nitrogen and oxygen atoms in total. The molecular weight excluding hydrogens is 256 g/mol. The van der Waals surface area contributed by atoms with Crippen LogP contribution in [0, 0.1) is 17.2 Å². The van der Waals surface area contributed by atoms with Crippen LogP contribution < -0.4 is 5.32 Å². The summed E-state index contributed by atoms with van der Waals surface area (Å²) in [4.78, 5) is 1.11. The maximum absolute atomic E-state index is 11.3. The Balaban J connectivity index is 1.75. The molecule has 0 saturated carbocycles. The Morgan fingerprint density at radius 3 is 3.00 bits per heavy atom. The molecule has 1 aromatic heterocycles. The molecule has 1 unspecified atom stereocenters. The van der Waals surface area contributed by atoms with E-state index >= 15 is 0 Å². The van der Waals surface area contributed by atoms with Crippen molar-refractivity contribution in [2.75, 3.05) is 18.1 Å². The SMILES string of the molecule is N#Cc1csc(CNCC2CCS(=O)(=O)C2)c1. The zero-order valence-electron chi connectivity index (χ0n) is 9.35. The number of sulfone groups is 1. The van der Waals surface area contributed by atoms with E-state index in [9.17, 15) is 8.42 Å². The van der Waals surface area contributed by atoms with Gasteiger partial charge in [0.25, 0.3) is 0 Å². The summed E-state index contributed by atoms with van der Waals surface area (Å²) < 4.78 is 22.5. The second-order valence-electron chi connectivity index (χ2n) is 4.31. The van der Waals surface area contributed by atoms with Crippen molar-refractivity contribution in [3.63, 3.8) is 0 Å². The topological polar surface area (TPSA) is 70.0 Å². The monoisotopic (exact) mass is 270 g/mol. The van der Waals surface area contributed by atoms with Gasteiger partial charge in [-0.15, -0.1) is 11.3 Å². The zero-order chi connectivity index (χ0) is 12.3. The third-order valence-electron chi connectivity index (χ3n) is 2.84. The first-order chi connectivity index (χ1) is 8.09. The fourth-order valence-corrected chi connectivity index (χ4v) is 4.61. The fourth-order valence-electron chi connectivity index (χ4n) is 1.96. The lowest BCUT2D eigenvalue weighted by Crippen LogP contribution is -2.22. The Hall–Kier alpha value is -0.900. The first kappa shape index (κ1) is 12.6. The second kappa shape index (κ2) is 5.17. The van der Waals surface area contributed by atoms with E-state index in [0.717, 1.165) is 17.8 Å². The number of nitriles is 1. The minimum atomic E-state index is -2.77. The van der Waals surface area contributed by atoms with Crippen LogP contribution in [0.25, 0.3) is 0 Å². The van der Waals surface area contributed by atoms with E-state index in [1.165, 1.54) is 0 Å². The molecule has 1 aromatic rings. The van der Waals surface area contributed by atoms with Crippen LogP contribution >= 0.6 is 11.3 Å². The molecule has 1 N–H and O–H groups in total. The molecule has 0 spiro atoms. The average Bonchev–Trinajstić information content (AvgIpc) is 2.85. The molecule has 17 heavy (non-hydrogen) atoms. The van der Waals surface area contributed by atoms with Gasteiger partial charge < -0.3 is 5.32 Å². The number of nitrogens with one attached hydrogen (secondary N) is 1. The van der Waals surface area contributed by atoms with Gasteiger partial charge in [0.15, 0.2) is 9.84 Å². The first-order valence-electron chi connectivity index (χ1n) is 5.48. The molecule has 1 aliphatic heterocycles. The van der Waals surface area contributed by atoms with E-state index in [1.807, 2.05) is 11.4 Å². The number of thiophene rings is 1. The van der Waals surface area contributed by atoms with Crippen molar-refractivity contribution in [3.05, 3.63) is 21.9 Å². The van der Waals surface area contributed by atoms with Gasteiger partial charge in [-0.2, -0.15) is 5.26 Å². The molecule has 2 rings (SSSR count). The van der Waals surface area contributed by atoms with Crippen LogP contribution in [0.2, 0.25) is 0 Å². The molecule has 1 atom stereocenters. The van der Waals surface area contributed by atoms with Gasteiger partial charge in [0.1, 0.15) is 6.07 Å². The van der Waals surface area contributed by atoms with Crippen LogP contribution in [-0.4, -0.2) is 26.5 Å². The highest BCUT2D eigenvalue weighted by atomic mass is 32.2. The summed E-state index contributed by atoms with van der Waals surface area (Å²) in [6.07, 6.45) is 0.767. The Labute approximate surface area is 105 Å². The van der Waals surface area contributed by atoms with Crippen LogP contribution in [0.3, 0.4) is 0 Å². The molecule has 0 radical (unpaired) electrons. The molecule has 1 saturated heterocycles. The predicted octanol–water partition coefficient (Wildman–Crippen LogP) is 1.14. The lowest BCUT2D eigenvalue weighted by molar-refractivity contribution is 0.522. The minimum absolute atomic E-state index is 0.246. The molecule has 1 fully saturated rings. The van der Waals surface area contributed by atoms with Crippen LogP contribution in [-0.2, 0) is 16.4 Å². The van der Waals surface area contributed by atoms with Crippen molar-refractivity contribution in [2.45, 2.75) is 13.0 Å². The van der Waals surface area contributed by atoms with E-state index in [1.54, 1.807) is 11.3 Å². The van der Waals surface area contributed by atoms with Crippen LogP contribution in [0.5, 0.6) is 0 Å². The highest BCUT2D eigenvalue weighted by molar-refractivity contribution is 7.91. The maximum atomic E-state index is 11.3.